The van der Waals surface area contributed by atoms with E-state index >= 15 is 0 Å². The van der Waals surface area contributed by atoms with Crippen molar-refractivity contribution >= 4 is 17.7 Å². The summed E-state index contributed by atoms with van der Waals surface area (Å²) in [4.78, 5) is 14.3. The standard InChI is InChI=1S/C15H24N2O2S/c1-2-20-10-8-17-7-3-5-13(12-17)11-16-15(18)14-6-4-9-19-14/h4,6,9,13H,2-3,5,7-8,10-12H2,1H3,(H,16,18). The molecule has 2 rings (SSSR count). The number of carbonyl (C=O) groups excluding carboxylic acids is 1. The van der Waals surface area contributed by atoms with Crippen LogP contribution in [0.4, 0.5) is 0 Å². The SMILES string of the molecule is CCSCCN1CCCC(CNC(=O)c2ccco2)C1. The molecule has 0 bridgehead atoms. The van der Waals surface area contributed by atoms with E-state index in [9.17, 15) is 4.79 Å². The van der Waals surface area contributed by atoms with Gasteiger partial charge in [0.1, 0.15) is 0 Å². The van der Waals surface area contributed by atoms with E-state index in [0.29, 0.717) is 11.7 Å². The maximum atomic E-state index is 11.8. The van der Waals surface area contributed by atoms with Crippen LogP contribution < -0.4 is 5.32 Å². The molecule has 4 nitrogen and oxygen atoms in total. The van der Waals surface area contributed by atoms with Crippen LogP contribution in [0.25, 0.3) is 0 Å². The molecule has 1 aromatic rings. The third kappa shape index (κ3) is 4.87. The molecule has 1 aromatic heterocycles. The third-order valence-corrected chi connectivity index (χ3v) is 4.53. The predicted octanol–water partition coefficient (Wildman–Crippen LogP) is 2.47. The molecule has 2 heterocycles. The van der Waals surface area contributed by atoms with Crippen molar-refractivity contribution in [3.63, 3.8) is 0 Å². The second kappa shape index (κ2) is 8.37. The van der Waals surface area contributed by atoms with Gasteiger partial charge in [-0.25, -0.2) is 0 Å². The van der Waals surface area contributed by atoms with Gasteiger partial charge in [0.25, 0.3) is 5.91 Å². The molecule has 1 aliphatic rings. The zero-order valence-electron chi connectivity index (χ0n) is 12.1. The van der Waals surface area contributed by atoms with Gasteiger partial charge in [-0.2, -0.15) is 11.8 Å². The van der Waals surface area contributed by atoms with E-state index < -0.39 is 0 Å². The summed E-state index contributed by atoms with van der Waals surface area (Å²) in [5, 5.41) is 2.98. The number of piperidine rings is 1. The first-order chi connectivity index (χ1) is 9.79. The normalized spacial score (nSPS) is 19.9. The summed E-state index contributed by atoms with van der Waals surface area (Å²) in [5.74, 6) is 3.26. The van der Waals surface area contributed by atoms with Gasteiger partial charge in [-0.05, 0) is 43.2 Å². The maximum Gasteiger partial charge on any atom is 0.286 e. The molecule has 1 saturated heterocycles. The average molecular weight is 296 g/mol. The molecule has 1 fully saturated rings. The minimum atomic E-state index is -0.103. The van der Waals surface area contributed by atoms with Crippen LogP contribution in [-0.2, 0) is 0 Å². The molecule has 1 unspecified atom stereocenters. The zero-order valence-corrected chi connectivity index (χ0v) is 13.0. The first-order valence-electron chi connectivity index (χ1n) is 7.41. The Kier molecular flexibility index (Phi) is 6.47. The number of nitrogens with one attached hydrogen (secondary N) is 1. The van der Waals surface area contributed by atoms with Crippen molar-refractivity contribution < 1.29 is 9.21 Å². The first kappa shape index (κ1) is 15.4. The topological polar surface area (TPSA) is 45.5 Å². The number of thioether (sulfide) groups is 1. The van der Waals surface area contributed by atoms with E-state index in [1.165, 1.54) is 43.7 Å². The summed E-state index contributed by atoms with van der Waals surface area (Å²) >= 11 is 2.00. The Labute approximate surface area is 125 Å². The highest BCUT2D eigenvalue weighted by atomic mass is 32.2. The Morgan fingerprint density at radius 1 is 1.60 bits per heavy atom. The maximum absolute atomic E-state index is 11.8. The van der Waals surface area contributed by atoms with Gasteiger partial charge in [-0.3, -0.25) is 4.79 Å². The molecule has 1 atom stereocenters. The van der Waals surface area contributed by atoms with Crippen LogP contribution in [-0.4, -0.2) is 48.5 Å². The number of furan rings is 1. The van der Waals surface area contributed by atoms with Crippen LogP contribution in [0.1, 0.15) is 30.3 Å². The van der Waals surface area contributed by atoms with Crippen molar-refractivity contribution in [3.8, 4) is 0 Å². The summed E-state index contributed by atoms with van der Waals surface area (Å²) in [6.45, 7) is 6.42. The minimum absolute atomic E-state index is 0.103. The first-order valence-corrected chi connectivity index (χ1v) is 8.57. The fraction of sp³-hybridized carbons (Fsp3) is 0.667. The largest absolute Gasteiger partial charge is 0.459 e. The fourth-order valence-electron chi connectivity index (χ4n) is 2.59. The van der Waals surface area contributed by atoms with Crippen LogP contribution in [0.5, 0.6) is 0 Å². The van der Waals surface area contributed by atoms with E-state index in [0.717, 1.165) is 13.1 Å². The van der Waals surface area contributed by atoms with Crippen LogP contribution in [0.2, 0.25) is 0 Å². The van der Waals surface area contributed by atoms with Crippen LogP contribution in [0.3, 0.4) is 0 Å². The molecule has 0 radical (unpaired) electrons. The molecule has 1 aliphatic heterocycles. The predicted molar refractivity (Wildman–Crippen MR) is 83.2 cm³/mol. The lowest BCUT2D eigenvalue weighted by Crippen LogP contribution is -2.41. The smallest absolute Gasteiger partial charge is 0.286 e. The van der Waals surface area contributed by atoms with Gasteiger partial charge in [0, 0.05) is 25.4 Å². The number of likely N-dealkylation sites (tertiary alicyclic amines) is 1. The minimum Gasteiger partial charge on any atom is -0.459 e. The molecule has 5 heteroatoms. The molecule has 112 valence electrons. The highest BCUT2D eigenvalue weighted by Crippen LogP contribution is 2.16. The van der Waals surface area contributed by atoms with E-state index in [1.54, 1.807) is 12.1 Å². The average Bonchev–Trinajstić information content (AvgIpc) is 3.00. The van der Waals surface area contributed by atoms with E-state index in [-0.39, 0.29) is 5.91 Å². The second-order valence-corrected chi connectivity index (χ2v) is 6.59. The summed E-state index contributed by atoms with van der Waals surface area (Å²) in [6.07, 6.45) is 3.97. The lowest BCUT2D eigenvalue weighted by Gasteiger charge is -2.32. The van der Waals surface area contributed by atoms with Gasteiger partial charge in [0.15, 0.2) is 5.76 Å². The van der Waals surface area contributed by atoms with Crippen molar-refractivity contribution in [3.05, 3.63) is 24.2 Å². The van der Waals surface area contributed by atoms with E-state index in [4.69, 9.17) is 4.42 Å². The second-order valence-electron chi connectivity index (χ2n) is 5.19. The molecule has 0 spiro atoms. The molecule has 0 aliphatic carbocycles. The summed E-state index contributed by atoms with van der Waals surface area (Å²) < 4.78 is 5.10. The Balaban J connectivity index is 1.69. The molecule has 20 heavy (non-hydrogen) atoms. The highest BCUT2D eigenvalue weighted by Gasteiger charge is 2.20. The van der Waals surface area contributed by atoms with Crippen LogP contribution in [0, 0.1) is 5.92 Å². The number of rotatable bonds is 7. The Morgan fingerprint density at radius 2 is 2.50 bits per heavy atom. The van der Waals surface area contributed by atoms with Crippen molar-refractivity contribution in [2.75, 3.05) is 37.7 Å². The van der Waals surface area contributed by atoms with Gasteiger partial charge in [-0.1, -0.05) is 6.92 Å². The number of hydrogen-bond donors (Lipinski definition) is 1. The number of hydrogen-bond acceptors (Lipinski definition) is 4. The van der Waals surface area contributed by atoms with Gasteiger partial charge in [-0.15, -0.1) is 0 Å². The van der Waals surface area contributed by atoms with E-state index in [1.807, 2.05) is 11.8 Å². The molecular weight excluding hydrogens is 272 g/mol. The van der Waals surface area contributed by atoms with Gasteiger partial charge in [0.2, 0.25) is 0 Å². The number of nitrogens with zero attached hydrogens (tertiary/aromatic N) is 1. The molecule has 0 aromatic carbocycles. The fourth-order valence-corrected chi connectivity index (χ4v) is 3.27. The van der Waals surface area contributed by atoms with Crippen molar-refractivity contribution in [2.45, 2.75) is 19.8 Å². The molecule has 1 amide bonds. The third-order valence-electron chi connectivity index (χ3n) is 3.66. The van der Waals surface area contributed by atoms with Crippen molar-refractivity contribution in [1.29, 1.82) is 0 Å². The zero-order chi connectivity index (χ0) is 14.2. The summed E-state index contributed by atoms with van der Waals surface area (Å²) in [5.41, 5.74) is 0. The summed E-state index contributed by atoms with van der Waals surface area (Å²) in [7, 11) is 0. The van der Waals surface area contributed by atoms with Gasteiger partial charge in [0.05, 0.1) is 6.26 Å². The number of carbonyl (C=O) groups is 1. The van der Waals surface area contributed by atoms with Crippen molar-refractivity contribution in [2.24, 2.45) is 5.92 Å². The monoisotopic (exact) mass is 296 g/mol. The molecule has 0 saturated carbocycles. The quantitative estimate of drug-likeness (QED) is 0.785. The highest BCUT2D eigenvalue weighted by molar-refractivity contribution is 7.99. The van der Waals surface area contributed by atoms with Gasteiger partial charge >= 0.3 is 0 Å². The Bertz CT molecular complexity index is 395. The lowest BCUT2D eigenvalue weighted by molar-refractivity contribution is 0.0906. The molecular formula is C15H24N2O2S. The Hall–Kier alpha value is -0.940. The van der Waals surface area contributed by atoms with E-state index in [2.05, 4.69) is 17.1 Å². The van der Waals surface area contributed by atoms with Gasteiger partial charge < -0.3 is 14.6 Å². The van der Waals surface area contributed by atoms with Crippen LogP contribution >= 0.6 is 11.8 Å². The lowest BCUT2D eigenvalue weighted by atomic mass is 9.98. The molecule has 1 N–H and O–H groups in total. The summed E-state index contributed by atoms with van der Waals surface area (Å²) in [6, 6.07) is 3.44. The number of amides is 1. The van der Waals surface area contributed by atoms with Crippen LogP contribution in [0.15, 0.2) is 22.8 Å². The van der Waals surface area contributed by atoms with Crippen molar-refractivity contribution in [1.82, 2.24) is 10.2 Å². The Morgan fingerprint density at radius 3 is 3.25 bits per heavy atom.